The molecule has 5 heteroatoms. The van der Waals surface area contributed by atoms with Crippen LogP contribution in [0.1, 0.15) is 5.56 Å². The highest BCUT2D eigenvalue weighted by Crippen LogP contribution is 2.29. The molecule has 2 aromatic heterocycles. The van der Waals surface area contributed by atoms with E-state index in [1.54, 1.807) is 25.8 Å². The minimum absolute atomic E-state index is 0.444. The molecule has 0 aromatic carbocycles. The highest BCUT2D eigenvalue weighted by molar-refractivity contribution is 7.71. The van der Waals surface area contributed by atoms with Crippen LogP contribution in [-0.2, 0) is 0 Å². The zero-order valence-electron chi connectivity index (χ0n) is 9.02. The van der Waals surface area contributed by atoms with Crippen molar-refractivity contribution in [2.45, 2.75) is 6.92 Å². The Bertz CT molecular complexity index is 565. The molecule has 4 nitrogen and oxygen atoms in total. The summed E-state index contributed by atoms with van der Waals surface area (Å²) in [6, 6.07) is 1.94. The van der Waals surface area contributed by atoms with Crippen molar-refractivity contribution in [3.8, 4) is 17.0 Å². The first kappa shape index (κ1) is 10.8. The van der Waals surface area contributed by atoms with Gasteiger partial charge >= 0.3 is 0 Å². The van der Waals surface area contributed by atoms with E-state index < -0.39 is 0 Å². The number of hydrogen-bond acceptors (Lipinski definition) is 4. The predicted molar refractivity (Wildman–Crippen MR) is 63.9 cm³/mol. The van der Waals surface area contributed by atoms with Crippen LogP contribution in [0.4, 0.5) is 0 Å². The lowest BCUT2D eigenvalue weighted by molar-refractivity contribution is 0.410. The molecule has 0 aliphatic carbocycles. The van der Waals surface area contributed by atoms with Crippen molar-refractivity contribution in [2.75, 3.05) is 7.11 Å². The van der Waals surface area contributed by atoms with Crippen molar-refractivity contribution in [3.05, 3.63) is 35.0 Å². The summed E-state index contributed by atoms with van der Waals surface area (Å²) >= 11 is 5.11. The zero-order valence-corrected chi connectivity index (χ0v) is 9.84. The molecule has 0 radical (unpaired) electrons. The first-order valence-electron chi connectivity index (χ1n) is 4.76. The van der Waals surface area contributed by atoms with Gasteiger partial charge in [-0.15, -0.1) is 0 Å². The molecule has 2 aromatic rings. The fourth-order valence-electron chi connectivity index (χ4n) is 1.50. The Morgan fingerprint density at radius 2 is 2.25 bits per heavy atom. The summed E-state index contributed by atoms with van der Waals surface area (Å²) in [7, 11) is 1.58. The Hall–Kier alpha value is -1.75. The van der Waals surface area contributed by atoms with Gasteiger partial charge in [0.1, 0.15) is 0 Å². The van der Waals surface area contributed by atoms with Gasteiger partial charge in [-0.2, -0.15) is 0 Å². The van der Waals surface area contributed by atoms with Crippen molar-refractivity contribution in [1.82, 2.24) is 15.0 Å². The van der Waals surface area contributed by atoms with Crippen molar-refractivity contribution in [3.63, 3.8) is 0 Å². The highest BCUT2D eigenvalue weighted by Gasteiger charge is 2.10. The number of hydrogen-bond donors (Lipinski definition) is 1. The van der Waals surface area contributed by atoms with Gasteiger partial charge in [-0.3, -0.25) is 4.98 Å². The lowest BCUT2D eigenvalue weighted by atomic mass is 10.1. The lowest BCUT2D eigenvalue weighted by Crippen LogP contribution is -1.96. The van der Waals surface area contributed by atoms with E-state index in [9.17, 15) is 0 Å². The molecule has 2 heterocycles. The number of pyridine rings is 1. The van der Waals surface area contributed by atoms with Gasteiger partial charge < -0.3 is 9.72 Å². The maximum absolute atomic E-state index is 5.26. The topological polar surface area (TPSA) is 50.8 Å². The number of aryl methyl sites for hydroxylation is 1. The molecule has 0 spiro atoms. The molecule has 0 aliphatic rings. The van der Waals surface area contributed by atoms with Crippen LogP contribution in [0.3, 0.4) is 0 Å². The molecule has 2 rings (SSSR count). The number of aromatic nitrogens is 3. The monoisotopic (exact) mass is 233 g/mol. The minimum atomic E-state index is 0.444. The summed E-state index contributed by atoms with van der Waals surface area (Å²) in [6.45, 7) is 2.01. The standard InChI is InChI=1S/C11H11N3OS/c1-7-3-4-12-5-8(7)9-10(15-2)11(16)14-6-13-9/h3-6H,1-2H3,(H,13,14,16). The normalized spacial score (nSPS) is 10.1. The fourth-order valence-corrected chi connectivity index (χ4v) is 1.74. The van der Waals surface area contributed by atoms with Crippen LogP contribution < -0.4 is 4.74 Å². The number of nitrogens with zero attached hydrogens (tertiary/aromatic N) is 2. The molecular weight excluding hydrogens is 222 g/mol. The van der Waals surface area contributed by atoms with Gasteiger partial charge in [-0.25, -0.2) is 4.98 Å². The predicted octanol–water partition coefficient (Wildman–Crippen LogP) is 2.52. The molecule has 0 unspecified atom stereocenters. The third-order valence-corrected chi connectivity index (χ3v) is 2.62. The second kappa shape index (κ2) is 4.40. The first-order chi connectivity index (χ1) is 7.74. The first-order valence-corrected chi connectivity index (χ1v) is 5.17. The van der Waals surface area contributed by atoms with Crippen molar-refractivity contribution in [2.24, 2.45) is 0 Å². The second-order valence-corrected chi connectivity index (χ2v) is 3.69. The molecule has 0 atom stereocenters. The summed E-state index contributed by atoms with van der Waals surface area (Å²) in [4.78, 5) is 11.1. The molecule has 1 N–H and O–H groups in total. The van der Waals surface area contributed by atoms with Gasteiger partial charge in [0.2, 0.25) is 0 Å². The van der Waals surface area contributed by atoms with Crippen LogP contribution in [0.2, 0.25) is 0 Å². The van der Waals surface area contributed by atoms with Crippen LogP contribution >= 0.6 is 12.2 Å². The third kappa shape index (κ3) is 1.81. The maximum atomic E-state index is 5.26. The average Bonchev–Trinajstić information content (AvgIpc) is 2.29. The third-order valence-electron chi connectivity index (χ3n) is 2.32. The van der Waals surface area contributed by atoms with E-state index in [1.807, 2.05) is 13.0 Å². The van der Waals surface area contributed by atoms with E-state index in [0.717, 1.165) is 16.8 Å². The summed E-state index contributed by atoms with van der Waals surface area (Å²) < 4.78 is 5.70. The molecule has 0 saturated heterocycles. The van der Waals surface area contributed by atoms with Crippen LogP contribution in [0.15, 0.2) is 24.8 Å². The van der Waals surface area contributed by atoms with Gasteiger partial charge in [0, 0.05) is 18.0 Å². The zero-order chi connectivity index (χ0) is 11.5. The summed E-state index contributed by atoms with van der Waals surface area (Å²) in [5.41, 5.74) is 2.88. The van der Waals surface area contributed by atoms with Crippen molar-refractivity contribution in [1.29, 1.82) is 0 Å². The van der Waals surface area contributed by atoms with Crippen molar-refractivity contribution >= 4 is 12.2 Å². The molecule has 0 saturated carbocycles. The molecule has 0 fully saturated rings. The number of aromatic amines is 1. The largest absolute Gasteiger partial charge is 0.491 e. The highest BCUT2D eigenvalue weighted by atomic mass is 32.1. The molecule has 0 amide bonds. The smallest absolute Gasteiger partial charge is 0.179 e. The minimum Gasteiger partial charge on any atom is -0.491 e. The van der Waals surface area contributed by atoms with Crippen LogP contribution in [0, 0.1) is 11.6 Å². The summed E-state index contributed by atoms with van der Waals surface area (Å²) in [5, 5.41) is 0. The number of methoxy groups -OCH3 is 1. The molecular formula is C11H11N3OS. The Morgan fingerprint density at radius 1 is 1.44 bits per heavy atom. The van der Waals surface area contributed by atoms with Crippen LogP contribution in [0.5, 0.6) is 5.75 Å². The van der Waals surface area contributed by atoms with Gasteiger partial charge in [0.15, 0.2) is 10.4 Å². The number of nitrogens with one attached hydrogen (secondary N) is 1. The molecule has 0 aliphatic heterocycles. The lowest BCUT2D eigenvalue weighted by Gasteiger charge is -2.09. The van der Waals surface area contributed by atoms with E-state index in [2.05, 4.69) is 15.0 Å². The SMILES string of the molecule is COc1c(-c2cnccc2C)[nH]cnc1=S. The summed E-state index contributed by atoms with van der Waals surface area (Å²) in [6.07, 6.45) is 5.09. The van der Waals surface area contributed by atoms with Gasteiger partial charge in [0.05, 0.1) is 19.1 Å². The Kier molecular flexibility index (Phi) is 2.96. The second-order valence-electron chi connectivity index (χ2n) is 3.31. The van der Waals surface area contributed by atoms with Gasteiger partial charge in [-0.1, -0.05) is 12.2 Å². The van der Waals surface area contributed by atoms with Crippen LogP contribution in [-0.4, -0.2) is 22.1 Å². The number of rotatable bonds is 2. The van der Waals surface area contributed by atoms with Gasteiger partial charge in [0.25, 0.3) is 0 Å². The Morgan fingerprint density at radius 3 is 2.94 bits per heavy atom. The maximum Gasteiger partial charge on any atom is 0.179 e. The molecule has 16 heavy (non-hydrogen) atoms. The Balaban J connectivity index is 2.70. The van der Waals surface area contributed by atoms with Crippen LogP contribution in [0.25, 0.3) is 11.3 Å². The van der Waals surface area contributed by atoms with E-state index in [0.29, 0.717) is 10.4 Å². The Labute approximate surface area is 98.3 Å². The van der Waals surface area contributed by atoms with E-state index >= 15 is 0 Å². The average molecular weight is 233 g/mol. The summed E-state index contributed by atoms with van der Waals surface area (Å²) in [5.74, 6) is 0.577. The van der Waals surface area contributed by atoms with Crippen molar-refractivity contribution < 1.29 is 4.74 Å². The number of H-pyrrole nitrogens is 1. The fraction of sp³-hybridized carbons (Fsp3) is 0.182. The molecule has 82 valence electrons. The van der Waals surface area contributed by atoms with E-state index in [4.69, 9.17) is 17.0 Å². The van der Waals surface area contributed by atoms with E-state index in [-0.39, 0.29) is 0 Å². The molecule has 0 bridgehead atoms. The quantitative estimate of drug-likeness (QED) is 0.810. The van der Waals surface area contributed by atoms with E-state index in [1.165, 1.54) is 0 Å². The number of ether oxygens (including phenoxy) is 1. The van der Waals surface area contributed by atoms with Gasteiger partial charge in [-0.05, 0) is 18.6 Å².